The number of carbonyl (C=O) groups excluding carboxylic acids is 1. The fraction of sp³-hybridized carbons (Fsp3) is 0.462. The highest BCUT2D eigenvalue weighted by molar-refractivity contribution is 9.10. The molecule has 1 amide bonds. The van der Waals surface area contributed by atoms with Gasteiger partial charge in [0.25, 0.3) is 5.91 Å². The highest BCUT2D eigenvalue weighted by Gasteiger charge is 2.25. The van der Waals surface area contributed by atoms with Gasteiger partial charge in [-0.1, -0.05) is 28.8 Å². The number of rotatable bonds is 2. The highest BCUT2D eigenvalue weighted by Crippen LogP contribution is 2.23. The van der Waals surface area contributed by atoms with E-state index < -0.39 is 6.10 Å². The third-order valence-electron chi connectivity index (χ3n) is 3.25. The molecule has 1 aliphatic carbocycles. The van der Waals surface area contributed by atoms with E-state index in [0.29, 0.717) is 0 Å². The lowest BCUT2D eigenvalue weighted by Crippen LogP contribution is -2.45. The van der Waals surface area contributed by atoms with E-state index >= 15 is 0 Å². The highest BCUT2D eigenvalue weighted by atomic mass is 79.9. The first-order valence-electron chi connectivity index (χ1n) is 6.05. The molecule has 2 atom stereocenters. The molecule has 0 spiro atoms. The van der Waals surface area contributed by atoms with Crippen LogP contribution in [0.25, 0.3) is 0 Å². The van der Waals surface area contributed by atoms with Crippen molar-refractivity contribution in [3.05, 3.63) is 28.2 Å². The van der Waals surface area contributed by atoms with Gasteiger partial charge in [-0.3, -0.25) is 4.79 Å². The van der Waals surface area contributed by atoms with Gasteiger partial charge < -0.3 is 15.5 Å². The Kier molecular flexibility index (Phi) is 4.24. The quantitative estimate of drug-likeness (QED) is 0.784. The third kappa shape index (κ3) is 3.03. The summed E-state index contributed by atoms with van der Waals surface area (Å²) in [7, 11) is 0. The molecular formula is C13H16BrNO3. The minimum atomic E-state index is -0.489. The topological polar surface area (TPSA) is 69.6 Å². The molecule has 1 aromatic carbocycles. The summed E-state index contributed by atoms with van der Waals surface area (Å²) in [5.41, 5.74) is 0.224. The predicted octanol–water partition coefficient (Wildman–Crippen LogP) is 2.19. The lowest BCUT2D eigenvalue weighted by atomic mass is 9.92. The molecule has 0 unspecified atom stereocenters. The number of phenolic OH excluding ortho intramolecular Hbond substituents is 1. The van der Waals surface area contributed by atoms with Crippen LogP contribution in [0, 0.1) is 0 Å². The van der Waals surface area contributed by atoms with Crippen LogP contribution >= 0.6 is 15.9 Å². The number of halogens is 1. The number of phenols is 1. The van der Waals surface area contributed by atoms with E-state index in [2.05, 4.69) is 21.2 Å². The van der Waals surface area contributed by atoms with Crippen LogP contribution in [0.3, 0.4) is 0 Å². The Hall–Kier alpha value is -1.07. The first-order valence-corrected chi connectivity index (χ1v) is 6.84. The molecule has 0 radical (unpaired) electrons. The summed E-state index contributed by atoms with van der Waals surface area (Å²) in [5, 5.41) is 22.2. The summed E-state index contributed by atoms with van der Waals surface area (Å²) in [6.45, 7) is 0. The first kappa shape index (κ1) is 13.4. The molecule has 5 heteroatoms. The van der Waals surface area contributed by atoms with Crippen LogP contribution in [0.15, 0.2) is 22.7 Å². The maximum absolute atomic E-state index is 12.0. The molecule has 2 rings (SSSR count). The number of aliphatic hydroxyl groups excluding tert-OH is 1. The molecule has 0 saturated heterocycles. The minimum Gasteiger partial charge on any atom is -0.507 e. The summed E-state index contributed by atoms with van der Waals surface area (Å²) in [6.07, 6.45) is 3.01. The van der Waals surface area contributed by atoms with Crippen molar-refractivity contribution >= 4 is 21.8 Å². The SMILES string of the molecule is O=C(N[C@@H]1CCCC[C@H]1O)c1cc(Br)ccc1O. The molecule has 1 aromatic rings. The number of aromatic hydroxyl groups is 1. The number of nitrogens with one attached hydrogen (secondary N) is 1. The summed E-state index contributed by atoms with van der Waals surface area (Å²) in [6, 6.07) is 4.49. The maximum Gasteiger partial charge on any atom is 0.255 e. The van der Waals surface area contributed by atoms with Crippen LogP contribution in [0.2, 0.25) is 0 Å². The van der Waals surface area contributed by atoms with Gasteiger partial charge in [0.1, 0.15) is 5.75 Å². The number of hydrogen-bond donors (Lipinski definition) is 3. The molecule has 1 aliphatic rings. The van der Waals surface area contributed by atoms with Crippen molar-refractivity contribution in [2.45, 2.75) is 37.8 Å². The van der Waals surface area contributed by atoms with Gasteiger partial charge in [0.2, 0.25) is 0 Å². The standard InChI is InChI=1S/C13H16BrNO3/c14-8-5-6-11(16)9(7-8)13(18)15-10-3-1-2-4-12(10)17/h5-7,10,12,16-17H,1-4H2,(H,15,18)/t10-,12-/m1/s1. The molecular weight excluding hydrogens is 298 g/mol. The van der Waals surface area contributed by atoms with E-state index in [1.807, 2.05) is 0 Å². The Morgan fingerprint density at radius 2 is 2.06 bits per heavy atom. The van der Waals surface area contributed by atoms with E-state index in [1.165, 1.54) is 6.07 Å². The van der Waals surface area contributed by atoms with Crippen molar-refractivity contribution in [3.63, 3.8) is 0 Å². The Morgan fingerprint density at radius 1 is 1.33 bits per heavy atom. The number of benzene rings is 1. The van der Waals surface area contributed by atoms with Crippen molar-refractivity contribution in [2.24, 2.45) is 0 Å². The van der Waals surface area contributed by atoms with Crippen LogP contribution < -0.4 is 5.32 Å². The van der Waals surface area contributed by atoms with Gasteiger partial charge in [-0.2, -0.15) is 0 Å². The lowest BCUT2D eigenvalue weighted by molar-refractivity contribution is 0.0715. The second kappa shape index (κ2) is 5.71. The van der Waals surface area contributed by atoms with Crippen molar-refractivity contribution in [2.75, 3.05) is 0 Å². The number of carbonyl (C=O) groups is 1. The fourth-order valence-corrected chi connectivity index (χ4v) is 2.58. The largest absolute Gasteiger partial charge is 0.507 e. The molecule has 0 bridgehead atoms. The van der Waals surface area contributed by atoms with Crippen molar-refractivity contribution in [3.8, 4) is 5.75 Å². The Labute approximate surface area is 114 Å². The summed E-state index contributed by atoms with van der Waals surface area (Å²) < 4.78 is 0.731. The second-order valence-electron chi connectivity index (χ2n) is 4.59. The zero-order valence-corrected chi connectivity index (χ0v) is 11.5. The van der Waals surface area contributed by atoms with Crippen molar-refractivity contribution < 1.29 is 15.0 Å². The van der Waals surface area contributed by atoms with E-state index in [1.54, 1.807) is 12.1 Å². The molecule has 0 aliphatic heterocycles. The summed E-state index contributed by atoms with van der Waals surface area (Å²) >= 11 is 3.26. The van der Waals surface area contributed by atoms with Gasteiger partial charge in [0.15, 0.2) is 0 Å². The van der Waals surface area contributed by atoms with Crippen LogP contribution in [0.5, 0.6) is 5.75 Å². The summed E-state index contributed by atoms with van der Waals surface area (Å²) in [4.78, 5) is 12.0. The third-order valence-corrected chi connectivity index (χ3v) is 3.74. The zero-order valence-electron chi connectivity index (χ0n) is 9.90. The van der Waals surface area contributed by atoms with Gasteiger partial charge in [0.05, 0.1) is 17.7 Å². The smallest absolute Gasteiger partial charge is 0.255 e. The van der Waals surface area contributed by atoms with Gasteiger partial charge in [0, 0.05) is 4.47 Å². The van der Waals surface area contributed by atoms with Crippen LogP contribution in [-0.2, 0) is 0 Å². The Morgan fingerprint density at radius 3 is 2.78 bits per heavy atom. The van der Waals surface area contributed by atoms with Gasteiger partial charge in [-0.15, -0.1) is 0 Å². The van der Waals surface area contributed by atoms with Gasteiger partial charge in [-0.05, 0) is 31.0 Å². The molecule has 0 aromatic heterocycles. The number of aliphatic hydroxyl groups is 1. The van der Waals surface area contributed by atoms with Gasteiger partial charge >= 0.3 is 0 Å². The molecule has 18 heavy (non-hydrogen) atoms. The maximum atomic E-state index is 12.0. The molecule has 0 heterocycles. The molecule has 1 fully saturated rings. The average molecular weight is 314 g/mol. The minimum absolute atomic E-state index is 0.0546. The molecule has 3 N–H and O–H groups in total. The van der Waals surface area contributed by atoms with Crippen molar-refractivity contribution in [1.29, 1.82) is 0 Å². The normalized spacial score (nSPS) is 23.7. The van der Waals surface area contributed by atoms with Crippen LogP contribution in [0.4, 0.5) is 0 Å². The second-order valence-corrected chi connectivity index (χ2v) is 5.51. The first-order chi connectivity index (χ1) is 8.58. The van der Waals surface area contributed by atoms with E-state index in [-0.39, 0.29) is 23.3 Å². The Bertz CT molecular complexity index is 450. The Balaban J connectivity index is 2.09. The average Bonchev–Trinajstić information content (AvgIpc) is 2.35. The number of amides is 1. The fourth-order valence-electron chi connectivity index (χ4n) is 2.22. The van der Waals surface area contributed by atoms with Gasteiger partial charge in [-0.25, -0.2) is 0 Å². The van der Waals surface area contributed by atoms with E-state index in [0.717, 1.165) is 30.2 Å². The van der Waals surface area contributed by atoms with Crippen LogP contribution in [-0.4, -0.2) is 28.3 Å². The molecule has 1 saturated carbocycles. The monoisotopic (exact) mass is 313 g/mol. The predicted molar refractivity (Wildman–Crippen MR) is 71.5 cm³/mol. The summed E-state index contributed by atoms with van der Waals surface area (Å²) in [5.74, 6) is -0.402. The lowest BCUT2D eigenvalue weighted by Gasteiger charge is -2.28. The molecule has 4 nitrogen and oxygen atoms in total. The van der Waals surface area contributed by atoms with Crippen LogP contribution in [0.1, 0.15) is 36.0 Å². The molecule has 98 valence electrons. The van der Waals surface area contributed by atoms with Crippen molar-refractivity contribution in [1.82, 2.24) is 5.32 Å². The van der Waals surface area contributed by atoms with E-state index in [4.69, 9.17) is 0 Å². The van der Waals surface area contributed by atoms with E-state index in [9.17, 15) is 15.0 Å². The number of hydrogen-bond acceptors (Lipinski definition) is 3. The zero-order chi connectivity index (χ0) is 13.1.